The number of ether oxygens (including phenoxy) is 1. The molecule has 2 aromatic carbocycles. The van der Waals surface area contributed by atoms with Gasteiger partial charge in [-0.05, 0) is 45.0 Å². The highest BCUT2D eigenvalue weighted by atomic mass is 19.1. The number of aromatic nitrogens is 2. The molecule has 196 valence electrons. The van der Waals surface area contributed by atoms with E-state index in [1.54, 1.807) is 19.9 Å². The van der Waals surface area contributed by atoms with Crippen LogP contribution in [-0.4, -0.2) is 41.0 Å². The number of rotatable bonds is 10. The van der Waals surface area contributed by atoms with Crippen molar-refractivity contribution in [1.82, 2.24) is 9.24 Å². The van der Waals surface area contributed by atoms with Crippen molar-refractivity contribution in [1.29, 1.82) is 0 Å². The largest absolute Gasteiger partial charge is 0.496 e. The first-order valence-electron chi connectivity index (χ1n) is 11.4. The summed E-state index contributed by atoms with van der Waals surface area (Å²) < 4.78 is 35.1. The third-order valence-corrected chi connectivity index (χ3v) is 5.40. The molecule has 9 nitrogen and oxygen atoms in total. The van der Waals surface area contributed by atoms with Crippen LogP contribution in [0.4, 0.5) is 8.78 Å². The number of methoxy groups -OCH3 is 1. The molecule has 0 aliphatic carbocycles. The van der Waals surface area contributed by atoms with E-state index in [9.17, 15) is 23.2 Å². The Labute approximate surface area is 212 Å². The molecule has 0 aliphatic rings. The second-order valence-corrected chi connectivity index (χ2v) is 8.58. The first-order valence-corrected chi connectivity index (χ1v) is 11.4. The molecule has 3 aromatic rings. The summed E-state index contributed by atoms with van der Waals surface area (Å²) in [6.45, 7) is 4.38. The van der Waals surface area contributed by atoms with Crippen LogP contribution in [0.15, 0.2) is 63.4 Å². The first kappa shape index (κ1) is 27.3. The second kappa shape index (κ2) is 11.6. The van der Waals surface area contributed by atoms with Crippen molar-refractivity contribution in [2.24, 2.45) is 5.16 Å². The number of carbonyl (C=O) groups excluding carboxylic acids is 1. The summed E-state index contributed by atoms with van der Waals surface area (Å²) in [4.78, 5) is 45.1. The molecule has 3 rings (SSSR count). The summed E-state index contributed by atoms with van der Waals surface area (Å²) in [6.07, 6.45) is 0.929. The van der Waals surface area contributed by atoms with Crippen LogP contribution in [0.25, 0.3) is 0 Å². The van der Waals surface area contributed by atoms with E-state index >= 15 is 0 Å². The molecule has 0 amide bonds. The molecule has 0 radical (unpaired) electrons. The number of oxime groups is 1. The highest BCUT2D eigenvalue weighted by Gasteiger charge is 2.21. The van der Waals surface area contributed by atoms with Gasteiger partial charge in [-0.2, -0.15) is 4.68 Å². The van der Waals surface area contributed by atoms with E-state index in [0.717, 1.165) is 21.4 Å². The number of halogens is 2. The van der Waals surface area contributed by atoms with Gasteiger partial charge < -0.3 is 14.6 Å². The minimum absolute atomic E-state index is 0.0142. The third-order valence-electron chi connectivity index (χ3n) is 5.40. The highest BCUT2D eigenvalue weighted by Crippen LogP contribution is 2.20. The van der Waals surface area contributed by atoms with Crippen LogP contribution in [0.3, 0.4) is 0 Å². The fourth-order valence-electron chi connectivity index (χ4n) is 3.57. The predicted molar refractivity (Wildman–Crippen MR) is 135 cm³/mol. The molecule has 0 N–H and O–H groups in total. The van der Waals surface area contributed by atoms with Gasteiger partial charge in [0.1, 0.15) is 23.5 Å². The van der Waals surface area contributed by atoms with E-state index in [0.29, 0.717) is 0 Å². The van der Waals surface area contributed by atoms with Crippen LogP contribution in [0, 0.1) is 11.6 Å². The quantitative estimate of drug-likeness (QED) is 0.235. The number of hydrogen-bond acceptors (Lipinski definition) is 7. The van der Waals surface area contributed by atoms with E-state index in [1.807, 2.05) is 0 Å². The van der Waals surface area contributed by atoms with E-state index < -0.39 is 35.2 Å². The number of Topliss-reactive ketones (excluding diaryl/α,β-unsaturated/α-hetero) is 1. The summed E-state index contributed by atoms with van der Waals surface area (Å²) in [7, 11) is 2.78. The van der Waals surface area contributed by atoms with Gasteiger partial charge in [0.05, 0.1) is 37.0 Å². The SMILES string of the molecule is COc1ccc(F)cc1C(=O)Cn1cc(/C(C)=N/OC(C)C)c(=O)n(N(C)Cc2ccccc2F)c1=O. The van der Waals surface area contributed by atoms with Gasteiger partial charge in [0.2, 0.25) is 0 Å². The number of nitrogens with zero attached hydrogens (tertiary/aromatic N) is 4. The van der Waals surface area contributed by atoms with Gasteiger partial charge in [0.25, 0.3) is 5.56 Å². The van der Waals surface area contributed by atoms with Gasteiger partial charge in [0.15, 0.2) is 5.78 Å². The minimum Gasteiger partial charge on any atom is -0.496 e. The van der Waals surface area contributed by atoms with Crippen molar-refractivity contribution in [3.05, 3.63) is 97.8 Å². The predicted octanol–water partition coefficient (Wildman–Crippen LogP) is 3.10. The first-order chi connectivity index (χ1) is 17.5. The van der Waals surface area contributed by atoms with Crippen LogP contribution in [0.2, 0.25) is 0 Å². The minimum atomic E-state index is -0.853. The Balaban J connectivity index is 2.13. The highest BCUT2D eigenvalue weighted by molar-refractivity contribution is 5.99. The fraction of sp³-hybridized carbons (Fsp3) is 0.308. The van der Waals surface area contributed by atoms with Gasteiger partial charge in [-0.25, -0.2) is 13.6 Å². The average Bonchev–Trinajstić information content (AvgIpc) is 2.85. The van der Waals surface area contributed by atoms with E-state index in [4.69, 9.17) is 9.57 Å². The van der Waals surface area contributed by atoms with Crippen LogP contribution in [0.5, 0.6) is 5.75 Å². The zero-order chi connectivity index (χ0) is 27.3. The molecule has 1 heterocycles. The second-order valence-electron chi connectivity index (χ2n) is 8.58. The number of carbonyl (C=O) groups is 1. The van der Waals surface area contributed by atoms with E-state index in [2.05, 4.69) is 5.16 Å². The summed E-state index contributed by atoms with van der Waals surface area (Å²) >= 11 is 0. The fourth-order valence-corrected chi connectivity index (χ4v) is 3.57. The summed E-state index contributed by atoms with van der Waals surface area (Å²) in [6, 6.07) is 9.42. The van der Waals surface area contributed by atoms with E-state index in [-0.39, 0.29) is 40.8 Å². The molecule has 0 saturated heterocycles. The Hall–Kier alpha value is -4.28. The third kappa shape index (κ3) is 6.29. The molecule has 0 fully saturated rings. The maximum Gasteiger partial charge on any atom is 0.350 e. The van der Waals surface area contributed by atoms with Crippen molar-refractivity contribution in [3.63, 3.8) is 0 Å². The molecule has 0 bridgehead atoms. The molecule has 0 aliphatic heterocycles. The van der Waals surface area contributed by atoms with Gasteiger partial charge in [-0.1, -0.05) is 23.4 Å². The van der Waals surface area contributed by atoms with Crippen molar-refractivity contribution in [2.75, 3.05) is 19.2 Å². The van der Waals surface area contributed by atoms with Gasteiger partial charge in [-0.15, -0.1) is 0 Å². The van der Waals surface area contributed by atoms with Gasteiger partial charge >= 0.3 is 5.69 Å². The zero-order valence-electron chi connectivity index (χ0n) is 21.2. The molecule has 1 aromatic heterocycles. The molecule has 37 heavy (non-hydrogen) atoms. The summed E-state index contributed by atoms with van der Waals surface area (Å²) in [5.41, 5.74) is -1.25. The van der Waals surface area contributed by atoms with Crippen molar-refractivity contribution in [2.45, 2.75) is 40.0 Å². The Bertz CT molecular complexity index is 1450. The Morgan fingerprint density at radius 1 is 1.11 bits per heavy atom. The zero-order valence-corrected chi connectivity index (χ0v) is 21.2. The van der Waals surface area contributed by atoms with Crippen molar-refractivity contribution < 1.29 is 23.1 Å². The molecule has 0 saturated carbocycles. The molecule has 11 heteroatoms. The van der Waals surface area contributed by atoms with Crippen molar-refractivity contribution in [3.8, 4) is 5.75 Å². The lowest BCUT2D eigenvalue weighted by atomic mass is 10.1. The number of benzene rings is 2. The summed E-state index contributed by atoms with van der Waals surface area (Å²) in [5.74, 6) is -1.65. The van der Waals surface area contributed by atoms with Crippen molar-refractivity contribution >= 4 is 11.5 Å². The average molecular weight is 515 g/mol. The molecular formula is C26H28F2N4O5. The lowest BCUT2D eigenvalue weighted by Crippen LogP contribution is -2.52. The van der Waals surface area contributed by atoms with Crippen LogP contribution >= 0.6 is 0 Å². The lowest BCUT2D eigenvalue weighted by Gasteiger charge is -2.23. The molecular weight excluding hydrogens is 486 g/mol. The lowest BCUT2D eigenvalue weighted by molar-refractivity contribution is 0.0859. The standard InChI is InChI=1S/C26H28F2N4O5/c1-16(2)37-29-17(3)21-14-31(15-23(33)20-12-19(27)10-11-24(20)36-5)26(35)32(25(21)34)30(4)13-18-8-6-7-9-22(18)28/h6-12,14,16H,13,15H2,1-5H3/b29-17+. The Morgan fingerprint density at radius 2 is 1.81 bits per heavy atom. The normalized spacial score (nSPS) is 11.5. The molecule has 0 atom stereocenters. The Kier molecular flexibility index (Phi) is 8.59. The van der Waals surface area contributed by atoms with Gasteiger partial charge in [-0.3, -0.25) is 14.2 Å². The Morgan fingerprint density at radius 3 is 2.46 bits per heavy atom. The van der Waals surface area contributed by atoms with Crippen LogP contribution in [0.1, 0.15) is 42.3 Å². The smallest absolute Gasteiger partial charge is 0.350 e. The van der Waals surface area contributed by atoms with Gasteiger partial charge in [0, 0.05) is 18.8 Å². The van der Waals surface area contributed by atoms with E-state index in [1.165, 1.54) is 56.6 Å². The monoisotopic (exact) mass is 514 g/mol. The van der Waals surface area contributed by atoms with Crippen LogP contribution < -0.4 is 21.0 Å². The number of ketones is 1. The molecule has 0 spiro atoms. The molecule has 0 unspecified atom stereocenters. The topological polar surface area (TPSA) is 95.1 Å². The van der Waals surface area contributed by atoms with Crippen LogP contribution in [-0.2, 0) is 17.9 Å². The number of hydrogen-bond donors (Lipinski definition) is 0. The maximum atomic E-state index is 14.3. The summed E-state index contributed by atoms with van der Waals surface area (Å²) in [5, 5.41) is 5.20. The maximum absolute atomic E-state index is 14.3.